The van der Waals surface area contributed by atoms with Crippen LogP contribution in [-0.4, -0.2) is 40.3 Å². The third-order valence-corrected chi connectivity index (χ3v) is 4.29. The Labute approximate surface area is 128 Å². The third-order valence-electron chi connectivity index (χ3n) is 3.65. The molecule has 1 aliphatic rings. The normalized spacial score (nSPS) is 19.8. The number of carbonyl (C=O) groups excluding carboxylic acids is 1. The lowest BCUT2D eigenvalue weighted by Gasteiger charge is -2.30. The molecular formula is C14H19N3O3S. The molecule has 7 heteroatoms. The van der Waals surface area contributed by atoms with Crippen molar-refractivity contribution in [2.75, 3.05) is 18.6 Å². The van der Waals surface area contributed by atoms with Crippen molar-refractivity contribution in [3.8, 4) is 0 Å². The number of benzene rings is 1. The number of rotatable bonds is 6. The van der Waals surface area contributed by atoms with Crippen molar-refractivity contribution in [3.05, 3.63) is 39.9 Å². The van der Waals surface area contributed by atoms with Crippen LogP contribution >= 0.6 is 11.8 Å². The van der Waals surface area contributed by atoms with E-state index in [1.54, 1.807) is 23.9 Å². The number of carbonyl (C=O) groups is 1. The zero-order chi connectivity index (χ0) is 15.4. The fourth-order valence-corrected chi connectivity index (χ4v) is 3.08. The molecule has 1 aromatic carbocycles. The summed E-state index contributed by atoms with van der Waals surface area (Å²) in [6.45, 7) is 2.35. The highest BCUT2D eigenvalue weighted by Gasteiger charge is 2.34. The van der Waals surface area contributed by atoms with Gasteiger partial charge in [-0.2, -0.15) is 11.8 Å². The summed E-state index contributed by atoms with van der Waals surface area (Å²) in [5, 5.41) is 13.9. The summed E-state index contributed by atoms with van der Waals surface area (Å²) in [5.74, 6) is 1.07. The van der Waals surface area contributed by atoms with E-state index in [1.807, 2.05) is 18.1 Å². The van der Waals surface area contributed by atoms with Gasteiger partial charge in [0, 0.05) is 18.2 Å². The zero-order valence-corrected chi connectivity index (χ0v) is 12.9. The van der Waals surface area contributed by atoms with Crippen LogP contribution in [0.2, 0.25) is 0 Å². The molecule has 1 fully saturated rings. The number of nitrogens with one attached hydrogen (secondary N) is 1. The maximum atomic E-state index is 12.1. The van der Waals surface area contributed by atoms with E-state index in [0.29, 0.717) is 6.54 Å². The van der Waals surface area contributed by atoms with E-state index in [9.17, 15) is 14.9 Å². The minimum atomic E-state index is -0.421. The monoisotopic (exact) mass is 309 g/mol. The van der Waals surface area contributed by atoms with Gasteiger partial charge < -0.3 is 4.90 Å². The van der Waals surface area contributed by atoms with Crippen LogP contribution in [0.25, 0.3) is 0 Å². The summed E-state index contributed by atoms with van der Waals surface area (Å²) in [6.07, 6.45) is 2.78. The summed E-state index contributed by atoms with van der Waals surface area (Å²) in [6, 6.07) is 6.51. The van der Waals surface area contributed by atoms with Crippen LogP contribution in [0.4, 0.5) is 5.69 Å². The summed E-state index contributed by atoms with van der Waals surface area (Å²) in [7, 11) is 0. The Kier molecular flexibility index (Phi) is 5.19. The van der Waals surface area contributed by atoms with Crippen molar-refractivity contribution in [1.29, 1.82) is 0 Å². The molecule has 1 heterocycles. The SMILES string of the molecule is CSCCC(C)N1C(=O)CNC1c1ccc([N+](=O)[O-])cc1. The molecule has 21 heavy (non-hydrogen) atoms. The first-order valence-corrected chi connectivity index (χ1v) is 8.22. The van der Waals surface area contributed by atoms with Gasteiger partial charge in [0.2, 0.25) is 5.91 Å². The van der Waals surface area contributed by atoms with Gasteiger partial charge in [-0.15, -0.1) is 0 Å². The molecule has 0 aliphatic carbocycles. The van der Waals surface area contributed by atoms with Crippen molar-refractivity contribution in [2.45, 2.75) is 25.6 Å². The molecule has 0 aromatic heterocycles. The molecule has 1 saturated heterocycles. The van der Waals surface area contributed by atoms with E-state index in [1.165, 1.54) is 12.1 Å². The quantitative estimate of drug-likeness (QED) is 0.644. The number of hydrogen-bond acceptors (Lipinski definition) is 5. The van der Waals surface area contributed by atoms with Crippen LogP contribution < -0.4 is 5.32 Å². The van der Waals surface area contributed by atoms with Gasteiger partial charge in [-0.1, -0.05) is 0 Å². The molecule has 1 amide bonds. The standard InChI is InChI=1S/C14H19N3O3S/c1-10(7-8-21-2)16-13(18)9-15-14(16)11-3-5-12(6-4-11)17(19)20/h3-6,10,14-15H,7-9H2,1-2H3. The van der Waals surface area contributed by atoms with E-state index >= 15 is 0 Å². The van der Waals surface area contributed by atoms with Gasteiger partial charge >= 0.3 is 0 Å². The fraction of sp³-hybridized carbons (Fsp3) is 0.500. The first-order valence-electron chi connectivity index (χ1n) is 6.82. The summed E-state index contributed by atoms with van der Waals surface area (Å²) in [5.41, 5.74) is 0.938. The Morgan fingerprint density at radius 2 is 2.14 bits per heavy atom. The number of amides is 1. The second kappa shape index (κ2) is 6.91. The molecule has 2 rings (SSSR count). The maximum absolute atomic E-state index is 12.1. The number of nitrogens with zero attached hydrogens (tertiary/aromatic N) is 2. The van der Waals surface area contributed by atoms with Gasteiger partial charge in [-0.3, -0.25) is 20.2 Å². The topological polar surface area (TPSA) is 75.5 Å². The predicted molar refractivity (Wildman–Crippen MR) is 83.1 cm³/mol. The van der Waals surface area contributed by atoms with Crippen LogP contribution in [0.1, 0.15) is 25.1 Å². The van der Waals surface area contributed by atoms with E-state index < -0.39 is 4.92 Å². The third kappa shape index (κ3) is 3.54. The van der Waals surface area contributed by atoms with Crippen molar-refractivity contribution in [2.24, 2.45) is 0 Å². The molecule has 1 aliphatic heterocycles. The molecule has 6 nitrogen and oxygen atoms in total. The molecule has 1 aromatic rings. The minimum absolute atomic E-state index is 0.0602. The lowest BCUT2D eigenvalue weighted by molar-refractivity contribution is -0.384. The van der Waals surface area contributed by atoms with Gasteiger partial charge in [-0.25, -0.2) is 0 Å². The Bertz CT molecular complexity index is 521. The molecule has 0 saturated carbocycles. The smallest absolute Gasteiger partial charge is 0.269 e. The summed E-state index contributed by atoms with van der Waals surface area (Å²) in [4.78, 5) is 24.2. The molecule has 2 unspecified atom stereocenters. The first-order chi connectivity index (χ1) is 10.0. The number of non-ortho nitro benzene ring substituents is 1. The first kappa shape index (κ1) is 15.8. The van der Waals surface area contributed by atoms with Gasteiger partial charge in [0.05, 0.1) is 11.5 Å². The lowest BCUT2D eigenvalue weighted by atomic mass is 10.1. The molecule has 114 valence electrons. The molecule has 0 spiro atoms. The van der Waals surface area contributed by atoms with Gasteiger partial charge in [0.25, 0.3) is 5.69 Å². The number of thioether (sulfide) groups is 1. The van der Waals surface area contributed by atoms with E-state index in [-0.39, 0.29) is 23.8 Å². The average Bonchev–Trinajstić information content (AvgIpc) is 2.86. The van der Waals surface area contributed by atoms with Crippen molar-refractivity contribution in [1.82, 2.24) is 10.2 Å². The number of nitro groups is 1. The highest BCUT2D eigenvalue weighted by atomic mass is 32.2. The zero-order valence-electron chi connectivity index (χ0n) is 12.1. The minimum Gasteiger partial charge on any atom is -0.319 e. The maximum Gasteiger partial charge on any atom is 0.269 e. The van der Waals surface area contributed by atoms with Gasteiger partial charge in [0.1, 0.15) is 6.17 Å². The molecule has 1 N–H and O–H groups in total. The largest absolute Gasteiger partial charge is 0.319 e. The van der Waals surface area contributed by atoms with Crippen molar-refractivity contribution < 1.29 is 9.72 Å². The average molecular weight is 309 g/mol. The van der Waals surface area contributed by atoms with Crippen LogP contribution in [0, 0.1) is 10.1 Å². The Morgan fingerprint density at radius 1 is 1.48 bits per heavy atom. The Balaban J connectivity index is 2.16. The van der Waals surface area contributed by atoms with E-state index in [4.69, 9.17) is 0 Å². The molecule has 0 bridgehead atoms. The summed E-state index contributed by atoms with van der Waals surface area (Å²) >= 11 is 1.76. The van der Waals surface area contributed by atoms with Gasteiger partial charge in [0.15, 0.2) is 0 Å². The van der Waals surface area contributed by atoms with E-state index in [0.717, 1.165) is 17.7 Å². The fourth-order valence-electron chi connectivity index (χ4n) is 2.50. The van der Waals surface area contributed by atoms with Gasteiger partial charge in [-0.05, 0) is 43.0 Å². The highest BCUT2D eigenvalue weighted by molar-refractivity contribution is 7.98. The summed E-state index contributed by atoms with van der Waals surface area (Å²) < 4.78 is 0. The van der Waals surface area contributed by atoms with Crippen LogP contribution in [0.15, 0.2) is 24.3 Å². The Morgan fingerprint density at radius 3 is 2.71 bits per heavy atom. The number of nitro benzene ring substituents is 1. The molecular weight excluding hydrogens is 290 g/mol. The van der Waals surface area contributed by atoms with Crippen LogP contribution in [0.5, 0.6) is 0 Å². The van der Waals surface area contributed by atoms with Crippen LogP contribution in [-0.2, 0) is 4.79 Å². The highest BCUT2D eigenvalue weighted by Crippen LogP contribution is 2.27. The lowest BCUT2D eigenvalue weighted by Crippen LogP contribution is -2.38. The number of hydrogen-bond donors (Lipinski definition) is 1. The second-order valence-corrected chi connectivity index (χ2v) is 6.05. The van der Waals surface area contributed by atoms with Crippen molar-refractivity contribution in [3.63, 3.8) is 0 Å². The van der Waals surface area contributed by atoms with Crippen molar-refractivity contribution >= 4 is 23.4 Å². The molecule has 0 radical (unpaired) electrons. The molecule has 2 atom stereocenters. The Hall–Kier alpha value is -1.60. The predicted octanol–water partition coefficient (Wildman–Crippen LogP) is 2.17. The van der Waals surface area contributed by atoms with E-state index in [2.05, 4.69) is 5.32 Å². The second-order valence-electron chi connectivity index (χ2n) is 5.06. The van der Waals surface area contributed by atoms with Crippen LogP contribution in [0.3, 0.4) is 0 Å².